The van der Waals surface area contributed by atoms with Gasteiger partial charge in [0.15, 0.2) is 5.82 Å². The Morgan fingerprint density at radius 1 is 1.62 bits per heavy atom. The van der Waals surface area contributed by atoms with Crippen LogP contribution >= 0.6 is 0 Å². The maximum absolute atomic E-state index is 11.1. The van der Waals surface area contributed by atoms with Crippen molar-refractivity contribution in [2.75, 3.05) is 0 Å². The SMILES string of the molecule is CC1CC1c1nnnn1CC1(C(=O)O)CC1. The van der Waals surface area contributed by atoms with E-state index < -0.39 is 11.4 Å². The van der Waals surface area contributed by atoms with Crippen LogP contribution in [0.1, 0.15) is 37.9 Å². The number of aliphatic carboxylic acids is 1. The first-order valence-corrected chi connectivity index (χ1v) is 5.62. The van der Waals surface area contributed by atoms with Crippen molar-refractivity contribution in [2.24, 2.45) is 11.3 Å². The number of hydrogen-bond donors (Lipinski definition) is 1. The van der Waals surface area contributed by atoms with Crippen LogP contribution in [0.4, 0.5) is 0 Å². The molecular weight excluding hydrogens is 208 g/mol. The van der Waals surface area contributed by atoms with E-state index in [1.54, 1.807) is 4.68 Å². The lowest BCUT2D eigenvalue weighted by molar-refractivity contribution is -0.144. The molecule has 2 saturated carbocycles. The van der Waals surface area contributed by atoms with Gasteiger partial charge in [0.25, 0.3) is 0 Å². The van der Waals surface area contributed by atoms with Gasteiger partial charge in [0.2, 0.25) is 0 Å². The van der Waals surface area contributed by atoms with Gasteiger partial charge in [-0.15, -0.1) is 5.10 Å². The molecule has 16 heavy (non-hydrogen) atoms. The fourth-order valence-corrected chi connectivity index (χ4v) is 2.15. The molecule has 86 valence electrons. The second-order valence-electron chi connectivity index (χ2n) is 5.10. The first-order chi connectivity index (χ1) is 7.62. The summed E-state index contributed by atoms with van der Waals surface area (Å²) in [4.78, 5) is 11.1. The zero-order valence-corrected chi connectivity index (χ0v) is 9.13. The standard InChI is InChI=1S/C10H14N4O2/c1-6-4-7(6)8-11-12-13-14(8)5-10(2-3-10)9(15)16/h6-7H,2-5H2,1H3,(H,15,16). The molecule has 2 aliphatic carbocycles. The Morgan fingerprint density at radius 2 is 2.31 bits per heavy atom. The molecule has 2 fully saturated rings. The summed E-state index contributed by atoms with van der Waals surface area (Å²) in [6.45, 7) is 2.58. The number of tetrazole rings is 1. The van der Waals surface area contributed by atoms with Crippen molar-refractivity contribution in [3.8, 4) is 0 Å². The Morgan fingerprint density at radius 3 is 2.81 bits per heavy atom. The first kappa shape index (κ1) is 9.74. The fraction of sp³-hybridized carbons (Fsp3) is 0.800. The predicted molar refractivity (Wildman–Crippen MR) is 53.6 cm³/mol. The lowest BCUT2D eigenvalue weighted by Crippen LogP contribution is -2.23. The van der Waals surface area contributed by atoms with Gasteiger partial charge in [0.1, 0.15) is 0 Å². The quantitative estimate of drug-likeness (QED) is 0.809. The Labute approximate surface area is 92.6 Å². The van der Waals surface area contributed by atoms with Crippen molar-refractivity contribution in [1.29, 1.82) is 0 Å². The van der Waals surface area contributed by atoms with Crippen molar-refractivity contribution in [2.45, 2.75) is 38.6 Å². The highest BCUT2D eigenvalue weighted by atomic mass is 16.4. The molecule has 1 aromatic heterocycles. The average molecular weight is 222 g/mol. The monoisotopic (exact) mass is 222 g/mol. The number of aromatic nitrogens is 4. The van der Waals surface area contributed by atoms with Crippen LogP contribution in [-0.2, 0) is 11.3 Å². The van der Waals surface area contributed by atoms with Crippen molar-refractivity contribution in [1.82, 2.24) is 20.2 Å². The molecule has 1 N–H and O–H groups in total. The van der Waals surface area contributed by atoms with E-state index in [1.165, 1.54) is 0 Å². The van der Waals surface area contributed by atoms with Crippen molar-refractivity contribution in [3.63, 3.8) is 0 Å². The summed E-state index contributed by atoms with van der Waals surface area (Å²) < 4.78 is 1.69. The maximum atomic E-state index is 11.1. The van der Waals surface area contributed by atoms with Gasteiger partial charge < -0.3 is 5.11 Å². The second kappa shape index (κ2) is 3.02. The van der Waals surface area contributed by atoms with Crippen LogP contribution in [0, 0.1) is 11.3 Å². The van der Waals surface area contributed by atoms with E-state index in [4.69, 9.17) is 5.11 Å². The van der Waals surface area contributed by atoms with Gasteiger partial charge in [0.05, 0.1) is 12.0 Å². The van der Waals surface area contributed by atoms with Crippen LogP contribution in [0.25, 0.3) is 0 Å². The maximum Gasteiger partial charge on any atom is 0.311 e. The topological polar surface area (TPSA) is 80.9 Å². The van der Waals surface area contributed by atoms with Gasteiger partial charge in [-0.05, 0) is 35.6 Å². The molecule has 0 amide bonds. The van der Waals surface area contributed by atoms with Gasteiger partial charge in [-0.2, -0.15) is 0 Å². The van der Waals surface area contributed by atoms with Crippen LogP contribution in [-0.4, -0.2) is 31.3 Å². The molecule has 0 spiro atoms. The van der Waals surface area contributed by atoms with E-state index in [0.29, 0.717) is 18.4 Å². The Hall–Kier alpha value is -1.46. The normalized spacial score (nSPS) is 30.1. The minimum absolute atomic E-state index is 0.424. The molecule has 1 heterocycles. The molecular formula is C10H14N4O2. The molecule has 1 aromatic rings. The third-order valence-corrected chi connectivity index (χ3v) is 3.76. The van der Waals surface area contributed by atoms with Crippen molar-refractivity contribution >= 4 is 5.97 Å². The molecule has 0 radical (unpaired) electrons. The number of hydrogen-bond acceptors (Lipinski definition) is 4. The average Bonchev–Trinajstić information content (AvgIpc) is 3.09. The second-order valence-corrected chi connectivity index (χ2v) is 5.10. The Balaban J connectivity index is 1.80. The van der Waals surface area contributed by atoms with E-state index in [2.05, 4.69) is 22.4 Å². The van der Waals surface area contributed by atoms with Gasteiger partial charge in [-0.25, -0.2) is 4.68 Å². The van der Waals surface area contributed by atoms with Crippen LogP contribution < -0.4 is 0 Å². The zero-order chi connectivity index (χ0) is 11.3. The zero-order valence-electron chi connectivity index (χ0n) is 9.13. The third kappa shape index (κ3) is 1.40. The number of rotatable bonds is 4. The van der Waals surface area contributed by atoms with E-state index in [0.717, 1.165) is 25.1 Å². The van der Waals surface area contributed by atoms with E-state index in [-0.39, 0.29) is 0 Å². The summed E-state index contributed by atoms with van der Waals surface area (Å²) in [7, 11) is 0. The first-order valence-electron chi connectivity index (χ1n) is 5.62. The minimum atomic E-state index is -0.724. The number of nitrogens with zero attached hydrogens (tertiary/aromatic N) is 4. The molecule has 0 aromatic carbocycles. The van der Waals surface area contributed by atoms with Gasteiger partial charge in [0, 0.05) is 5.92 Å². The number of carboxylic acids is 1. The molecule has 3 rings (SSSR count). The van der Waals surface area contributed by atoms with Crippen molar-refractivity contribution in [3.05, 3.63) is 5.82 Å². The fourth-order valence-electron chi connectivity index (χ4n) is 2.15. The molecule has 2 unspecified atom stereocenters. The van der Waals surface area contributed by atoms with Gasteiger partial charge in [-0.1, -0.05) is 6.92 Å². The van der Waals surface area contributed by atoms with E-state index in [1.807, 2.05) is 0 Å². The highest BCUT2D eigenvalue weighted by molar-refractivity contribution is 5.77. The van der Waals surface area contributed by atoms with Gasteiger partial charge >= 0.3 is 5.97 Å². The summed E-state index contributed by atoms with van der Waals surface area (Å²) in [6.07, 6.45) is 2.59. The number of carboxylic acid groups (broad SMARTS) is 1. The third-order valence-electron chi connectivity index (χ3n) is 3.76. The highest BCUT2D eigenvalue weighted by Crippen LogP contribution is 2.49. The van der Waals surface area contributed by atoms with Crippen molar-refractivity contribution < 1.29 is 9.90 Å². The molecule has 0 saturated heterocycles. The molecule has 0 aliphatic heterocycles. The largest absolute Gasteiger partial charge is 0.481 e. The lowest BCUT2D eigenvalue weighted by atomic mass is 10.1. The van der Waals surface area contributed by atoms with Crippen LogP contribution in [0.5, 0.6) is 0 Å². The van der Waals surface area contributed by atoms with Crippen LogP contribution in [0.3, 0.4) is 0 Å². The summed E-state index contributed by atoms with van der Waals surface area (Å²) in [6, 6.07) is 0. The number of carbonyl (C=O) groups is 1. The van der Waals surface area contributed by atoms with Crippen LogP contribution in [0.2, 0.25) is 0 Å². The molecule has 6 nitrogen and oxygen atoms in total. The summed E-state index contributed by atoms with van der Waals surface area (Å²) in [5.41, 5.74) is -0.595. The summed E-state index contributed by atoms with van der Waals surface area (Å²) in [5.74, 6) is 1.20. The minimum Gasteiger partial charge on any atom is -0.481 e. The molecule has 2 aliphatic rings. The predicted octanol–water partition coefficient (Wildman–Crippen LogP) is 0.661. The van der Waals surface area contributed by atoms with Gasteiger partial charge in [-0.3, -0.25) is 4.79 Å². The van der Waals surface area contributed by atoms with Crippen LogP contribution in [0.15, 0.2) is 0 Å². The summed E-state index contributed by atoms with van der Waals surface area (Å²) >= 11 is 0. The highest BCUT2D eigenvalue weighted by Gasteiger charge is 2.52. The lowest BCUT2D eigenvalue weighted by Gasteiger charge is -2.10. The molecule has 2 atom stereocenters. The Bertz CT molecular complexity index is 438. The Kier molecular flexibility index (Phi) is 1.84. The van der Waals surface area contributed by atoms with E-state index in [9.17, 15) is 4.79 Å². The smallest absolute Gasteiger partial charge is 0.311 e. The summed E-state index contributed by atoms with van der Waals surface area (Å²) in [5, 5.41) is 20.7. The molecule has 6 heteroatoms. The van der Waals surface area contributed by atoms with E-state index >= 15 is 0 Å². The molecule has 0 bridgehead atoms.